The highest BCUT2D eigenvalue weighted by atomic mass is 16.1. The van der Waals surface area contributed by atoms with Gasteiger partial charge in [0.25, 0.3) is 0 Å². The zero-order valence-corrected chi connectivity index (χ0v) is 8.36. The first kappa shape index (κ1) is 9.20. The highest BCUT2D eigenvalue weighted by molar-refractivity contribution is 5.87. The second-order valence-corrected chi connectivity index (χ2v) is 3.97. The van der Waals surface area contributed by atoms with Crippen molar-refractivity contribution >= 4 is 5.78 Å². The molecule has 1 aromatic rings. The van der Waals surface area contributed by atoms with E-state index >= 15 is 0 Å². The number of allylic oxidation sites excluding steroid dienone is 2. The first-order valence-corrected chi connectivity index (χ1v) is 4.98. The summed E-state index contributed by atoms with van der Waals surface area (Å²) in [7, 11) is 0. The Kier molecular flexibility index (Phi) is 2.24. The Bertz CT molecular complexity index is 358. The summed E-state index contributed by atoms with van der Waals surface area (Å²) in [6.07, 6.45) is 6.09. The molecule has 1 saturated carbocycles. The topological polar surface area (TPSA) is 17.1 Å². The summed E-state index contributed by atoms with van der Waals surface area (Å²) in [5.41, 5.74) is 1.50. The van der Waals surface area contributed by atoms with Gasteiger partial charge in [-0.15, -0.1) is 0 Å². The van der Waals surface area contributed by atoms with Crippen LogP contribution in [0.5, 0.6) is 0 Å². The van der Waals surface area contributed by atoms with Crippen molar-refractivity contribution in [1.29, 1.82) is 0 Å². The molecule has 72 valence electrons. The van der Waals surface area contributed by atoms with Crippen molar-refractivity contribution in [3.63, 3.8) is 0 Å². The van der Waals surface area contributed by atoms with Gasteiger partial charge in [-0.05, 0) is 31.4 Å². The van der Waals surface area contributed by atoms with Gasteiger partial charge in [-0.1, -0.05) is 36.4 Å². The zero-order valence-electron chi connectivity index (χ0n) is 8.36. The van der Waals surface area contributed by atoms with E-state index in [4.69, 9.17) is 0 Å². The number of rotatable bonds is 3. The van der Waals surface area contributed by atoms with Crippen molar-refractivity contribution < 1.29 is 4.79 Å². The first-order chi connectivity index (χ1) is 6.73. The molecule has 1 aliphatic rings. The molecule has 0 atom stereocenters. The van der Waals surface area contributed by atoms with Gasteiger partial charge >= 0.3 is 0 Å². The van der Waals surface area contributed by atoms with Crippen molar-refractivity contribution in [3.05, 3.63) is 48.0 Å². The lowest BCUT2D eigenvalue weighted by Crippen LogP contribution is -2.02. The van der Waals surface area contributed by atoms with E-state index in [0.717, 1.165) is 0 Å². The van der Waals surface area contributed by atoms with Crippen LogP contribution in [0.2, 0.25) is 0 Å². The smallest absolute Gasteiger partial charge is 0.152 e. The van der Waals surface area contributed by atoms with E-state index in [-0.39, 0.29) is 11.2 Å². The van der Waals surface area contributed by atoms with Gasteiger partial charge in [-0.2, -0.15) is 0 Å². The van der Waals surface area contributed by atoms with Gasteiger partial charge in [-0.25, -0.2) is 0 Å². The summed E-state index contributed by atoms with van der Waals surface area (Å²) < 4.78 is 0. The van der Waals surface area contributed by atoms with Gasteiger partial charge in [0.15, 0.2) is 5.78 Å². The Balaban J connectivity index is 2.22. The van der Waals surface area contributed by atoms with Gasteiger partial charge in [0, 0.05) is 5.41 Å². The molecule has 0 radical (unpaired) electrons. The van der Waals surface area contributed by atoms with Crippen molar-refractivity contribution in [2.75, 3.05) is 0 Å². The molecule has 1 nitrogen and oxygen atoms in total. The quantitative estimate of drug-likeness (QED) is 0.663. The minimum Gasteiger partial charge on any atom is -0.295 e. The Hall–Kier alpha value is -1.37. The zero-order chi connectivity index (χ0) is 10.0. The van der Waals surface area contributed by atoms with Gasteiger partial charge in [0.2, 0.25) is 0 Å². The fourth-order valence-electron chi connectivity index (χ4n) is 1.73. The Morgan fingerprint density at radius 1 is 1.29 bits per heavy atom. The monoisotopic (exact) mass is 186 g/mol. The van der Waals surface area contributed by atoms with Gasteiger partial charge < -0.3 is 0 Å². The maximum atomic E-state index is 10.9. The third-order valence-corrected chi connectivity index (χ3v) is 2.77. The molecular formula is C13H14O. The average molecular weight is 186 g/mol. The highest BCUT2D eigenvalue weighted by Gasteiger charge is 2.41. The third kappa shape index (κ3) is 1.77. The van der Waals surface area contributed by atoms with Gasteiger partial charge in [0.1, 0.15) is 0 Å². The van der Waals surface area contributed by atoms with Crippen molar-refractivity contribution in [2.45, 2.75) is 25.2 Å². The number of carbonyl (C=O) groups excluding carboxylic acids is 1. The molecule has 0 bridgehead atoms. The van der Waals surface area contributed by atoms with Crippen LogP contribution in [0.1, 0.15) is 25.3 Å². The minimum atomic E-state index is 0.132. The third-order valence-electron chi connectivity index (χ3n) is 2.77. The summed E-state index contributed by atoms with van der Waals surface area (Å²) >= 11 is 0. The van der Waals surface area contributed by atoms with Crippen LogP contribution in [-0.4, -0.2) is 5.78 Å². The van der Waals surface area contributed by atoms with Gasteiger partial charge in [-0.3, -0.25) is 4.79 Å². The standard InChI is InChI=1S/C13H14O/c1-11(14)7-8-13(9-10-13)12-5-3-2-4-6-12/h2-8H,9-10H2,1H3. The lowest BCUT2D eigenvalue weighted by Gasteiger charge is -2.09. The largest absolute Gasteiger partial charge is 0.295 e. The Morgan fingerprint density at radius 2 is 1.93 bits per heavy atom. The molecule has 0 unspecified atom stereocenters. The normalized spacial score (nSPS) is 18.4. The minimum absolute atomic E-state index is 0.132. The molecule has 0 N–H and O–H groups in total. The van der Waals surface area contributed by atoms with Crippen LogP contribution in [0.15, 0.2) is 42.5 Å². The van der Waals surface area contributed by atoms with Crippen LogP contribution in [0.4, 0.5) is 0 Å². The van der Waals surface area contributed by atoms with E-state index in [2.05, 4.69) is 30.3 Å². The van der Waals surface area contributed by atoms with Crippen LogP contribution < -0.4 is 0 Å². The molecule has 14 heavy (non-hydrogen) atoms. The Morgan fingerprint density at radius 3 is 2.43 bits per heavy atom. The van der Waals surface area contributed by atoms with Gasteiger partial charge in [0.05, 0.1) is 0 Å². The first-order valence-electron chi connectivity index (χ1n) is 4.98. The van der Waals surface area contributed by atoms with Crippen LogP contribution >= 0.6 is 0 Å². The second-order valence-electron chi connectivity index (χ2n) is 3.97. The van der Waals surface area contributed by atoms with E-state index in [0.29, 0.717) is 0 Å². The molecular weight excluding hydrogens is 172 g/mol. The summed E-state index contributed by atoms with van der Waals surface area (Å²) in [5.74, 6) is 0.132. The van der Waals surface area contributed by atoms with Crippen molar-refractivity contribution in [2.24, 2.45) is 0 Å². The average Bonchev–Trinajstić information content (AvgIpc) is 2.97. The predicted molar refractivity (Wildman–Crippen MR) is 57.2 cm³/mol. The number of ketones is 1. The summed E-state index contributed by atoms with van der Waals surface area (Å²) in [6, 6.07) is 10.4. The van der Waals surface area contributed by atoms with E-state index in [1.807, 2.05) is 6.07 Å². The predicted octanol–water partition coefficient (Wildman–Crippen LogP) is 2.86. The van der Waals surface area contributed by atoms with Crippen LogP contribution in [0, 0.1) is 0 Å². The number of hydrogen-bond donors (Lipinski definition) is 0. The molecule has 0 spiro atoms. The highest BCUT2D eigenvalue weighted by Crippen LogP contribution is 2.49. The molecule has 0 heterocycles. The maximum Gasteiger partial charge on any atom is 0.152 e. The number of hydrogen-bond acceptors (Lipinski definition) is 1. The second kappa shape index (κ2) is 3.41. The summed E-state index contributed by atoms with van der Waals surface area (Å²) in [4.78, 5) is 10.9. The SMILES string of the molecule is CC(=O)C=CC1(c2ccccc2)CC1. The molecule has 2 rings (SSSR count). The summed E-state index contributed by atoms with van der Waals surface area (Å²) in [5, 5.41) is 0. The molecule has 0 aromatic heterocycles. The lowest BCUT2D eigenvalue weighted by atomic mass is 9.95. The van der Waals surface area contributed by atoms with Crippen LogP contribution in [0.25, 0.3) is 0 Å². The van der Waals surface area contributed by atoms with Crippen molar-refractivity contribution in [3.8, 4) is 0 Å². The van der Waals surface area contributed by atoms with Crippen LogP contribution in [-0.2, 0) is 10.2 Å². The number of carbonyl (C=O) groups is 1. The van der Waals surface area contributed by atoms with E-state index in [1.54, 1.807) is 13.0 Å². The molecule has 1 aliphatic carbocycles. The van der Waals surface area contributed by atoms with Crippen LogP contribution in [0.3, 0.4) is 0 Å². The lowest BCUT2D eigenvalue weighted by molar-refractivity contribution is -0.112. The number of benzene rings is 1. The summed E-state index contributed by atoms with van der Waals surface area (Å²) in [6.45, 7) is 1.59. The fraction of sp³-hybridized carbons (Fsp3) is 0.308. The molecule has 0 amide bonds. The fourth-order valence-corrected chi connectivity index (χ4v) is 1.73. The van der Waals surface area contributed by atoms with Crippen molar-refractivity contribution in [1.82, 2.24) is 0 Å². The molecule has 0 saturated heterocycles. The van der Waals surface area contributed by atoms with E-state index in [1.165, 1.54) is 18.4 Å². The van der Waals surface area contributed by atoms with E-state index in [9.17, 15) is 4.79 Å². The molecule has 1 aromatic carbocycles. The molecule has 0 aliphatic heterocycles. The van der Waals surface area contributed by atoms with E-state index < -0.39 is 0 Å². The molecule has 1 fully saturated rings. The molecule has 1 heteroatoms. The maximum absolute atomic E-state index is 10.9. The Labute approximate surface area is 84.5 Å².